The largest absolute Gasteiger partial charge is 0.383 e. The molecule has 2 aromatic rings. The molecular formula is C17H25Cl2N5O3. The third kappa shape index (κ3) is 6.42. The van der Waals surface area contributed by atoms with E-state index >= 15 is 0 Å². The lowest BCUT2D eigenvalue weighted by atomic mass is 9.96. The van der Waals surface area contributed by atoms with Gasteiger partial charge in [0.15, 0.2) is 0 Å². The highest BCUT2D eigenvalue weighted by molar-refractivity contribution is 5.85. The summed E-state index contributed by atoms with van der Waals surface area (Å²) >= 11 is 0. The molecule has 150 valence electrons. The Kier molecular flexibility index (Phi) is 10.2. The van der Waals surface area contributed by atoms with Crippen LogP contribution < -0.4 is 5.32 Å². The predicted molar refractivity (Wildman–Crippen MR) is 105 cm³/mol. The third-order valence-corrected chi connectivity index (χ3v) is 4.29. The summed E-state index contributed by atoms with van der Waals surface area (Å²) in [4.78, 5) is 22.7. The number of carbonyl (C=O) groups is 1. The van der Waals surface area contributed by atoms with E-state index in [9.17, 15) is 4.79 Å². The second kappa shape index (κ2) is 11.9. The SMILES string of the molecule is COCCNCC(=O)N1CCC(c2nc(-c3ccccn3)no2)CC1.Cl.Cl. The van der Waals surface area contributed by atoms with Crippen LogP contribution in [0.15, 0.2) is 28.9 Å². The van der Waals surface area contributed by atoms with E-state index in [4.69, 9.17) is 9.26 Å². The van der Waals surface area contributed by atoms with Crippen molar-refractivity contribution >= 4 is 30.7 Å². The van der Waals surface area contributed by atoms with Gasteiger partial charge >= 0.3 is 0 Å². The summed E-state index contributed by atoms with van der Waals surface area (Å²) < 4.78 is 10.4. The zero-order valence-corrected chi connectivity index (χ0v) is 16.8. The van der Waals surface area contributed by atoms with Crippen LogP contribution in [0.4, 0.5) is 0 Å². The minimum Gasteiger partial charge on any atom is -0.383 e. The fraction of sp³-hybridized carbons (Fsp3) is 0.529. The van der Waals surface area contributed by atoms with Gasteiger partial charge in [0.05, 0.1) is 13.2 Å². The zero-order chi connectivity index (χ0) is 17.5. The highest BCUT2D eigenvalue weighted by Gasteiger charge is 2.27. The lowest BCUT2D eigenvalue weighted by molar-refractivity contribution is -0.131. The van der Waals surface area contributed by atoms with Gasteiger partial charge in [-0.25, -0.2) is 0 Å². The molecule has 0 aromatic carbocycles. The average molecular weight is 418 g/mol. The van der Waals surface area contributed by atoms with Crippen LogP contribution in [0.5, 0.6) is 0 Å². The molecule has 3 rings (SSSR count). The maximum Gasteiger partial charge on any atom is 0.236 e. The fourth-order valence-electron chi connectivity index (χ4n) is 2.86. The maximum atomic E-state index is 12.2. The monoisotopic (exact) mass is 417 g/mol. The van der Waals surface area contributed by atoms with E-state index in [0.29, 0.717) is 50.2 Å². The number of hydrogen-bond acceptors (Lipinski definition) is 7. The molecule has 0 bridgehead atoms. The smallest absolute Gasteiger partial charge is 0.236 e. The summed E-state index contributed by atoms with van der Waals surface area (Å²) in [5, 5.41) is 7.11. The van der Waals surface area contributed by atoms with E-state index in [1.54, 1.807) is 13.3 Å². The molecule has 1 aliphatic rings. The molecule has 2 aromatic heterocycles. The number of likely N-dealkylation sites (tertiary alicyclic amines) is 1. The van der Waals surface area contributed by atoms with Crippen molar-refractivity contribution in [1.82, 2.24) is 25.3 Å². The number of carbonyl (C=O) groups excluding carboxylic acids is 1. The molecule has 10 heteroatoms. The van der Waals surface area contributed by atoms with Gasteiger partial charge in [0.25, 0.3) is 0 Å². The number of amides is 1. The summed E-state index contributed by atoms with van der Waals surface area (Å²) in [6, 6.07) is 5.59. The Labute approximate surface area is 170 Å². The van der Waals surface area contributed by atoms with Crippen molar-refractivity contribution < 1.29 is 14.1 Å². The van der Waals surface area contributed by atoms with Crippen LogP contribution in [-0.4, -0.2) is 65.8 Å². The van der Waals surface area contributed by atoms with Gasteiger partial charge in [-0.3, -0.25) is 9.78 Å². The van der Waals surface area contributed by atoms with Crippen molar-refractivity contribution in [2.75, 3.05) is 39.9 Å². The number of rotatable bonds is 7. The summed E-state index contributed by atoms with van der Waals surface area (Å²) in [6.45, 7) is 3.04. The van der Waals surface area contributed by atoms with Gasteiger partial charge in [-0.15, -0.1) is 24.8 Å². The summed E-state index contributed by atoms with van der Waals surface area (Å²) in [7, 11) is 1.64. The maximum absolute atomic E-state index is 12.2. The van der Waals surface area contributed by atoms with E-state index in [0.717, 1.165) is 12.8 Å². The number of aromatic nitrogens is 3. The standard InChI is InChI=1S/C17H23N5O3.2ClH/c1-24-11-8-18-12-15(23)22-9-5-13(6-10-22)17-20-16(21-25-17)14-4-2-3-7-19-14;;/h2-4,7,13,18H,5-6,8-12H2,1H3;2*1H. The molecule has 1 aliphatic heterocycles. The van der Waals surface area contributed by atoms with Crippen molar-refractivity contribution in [3.63, 3.8) is 0 Å². The third-order valence-electron chi connectivity index (χ3n) is 4.29. The van der Waals surface area contributed by atoms with Crippen LogP contribution in [0.25, 0.3) is 11.5 Å². The van der Waals surface area contributed by atoms with Crippen LogP contribution in [0.2, 0.25) is 0 Å². The van der Waals surface area contributed by atoms with Crippen LogP contribution in [0.1, 0.15) is 24.7 Å². The number of pyridine rings is 1. The molecule has 0 aliphatic carbocycles. The fourth-order valence-corrected chi connectivity index (χ4v) is 2.86. The second-order valence-corrected chi connectivity index (χ2v) is 6.00. The quantitative estimate of drug-likeness (QED) is 0.687. The van der Waals surface area contributed by atoms with Crippen LogP contribution in [-0.2, 0) is 9.53 Å². The number of piperidine rings is 1. The first-order chi connectivity index (χ1) is 12.3. The van der Waals surface area contributed by atoms with Crippen molar-refractivity contribution in [1.29, 1.82) is 0 Å². The molecule has 1 fully saturated rings. The lowest BCUT2D eigenvalue weighted by Gasteiger charge is -2.30. The normalized spacial score (nSPS) is 14.3. The molecule has 1 saturated heterocycles. The molecule has 8 nitrogen and oxygen atoms in total. The summed E-state index contributed by atoms with van der Waals surface area (Å²) in [5.41, 5.74) is 0.701. The molecule has 0 spiro atoms. The van der Waals surface area contributed by atoms with Crippen molar-refractivity contribution in [2.45, 2.75) is 18.8 Å². The van der Waals surface area contributed by atoms with E-state index in [1.165, 1.54) is 0 Å². The van der Waals surface area contributed by atoms with Gasteiger partial charge in [-0.1, -0.05) is 11.2 Å². The van der Waals surface area contributed by atoms with Gasteiger partial charge in [0.2, 0.25) is 17.6 Å². The van der Waals surface area contributed by atoms with Crippen molar-refractivity contribution in [3.05, 3.63) is 30.3 Å². The Morgan fingerprint density at radius 2 is 2.11 bits per heavy atom. The molecule has 1 N–H and O–H groups in total. The first-order valence-electron chi connectivity index (χ1n) is 8.50. The highest BCUT2D eigenvalue weighted by Crippen LogP contribution is 2.28. The summed E-state index contributed by atoms with van der Waals surface area (Å²) in [5.74, 6) is 1.45. The number of nitrogens with one attached hydrogen (secondary N) is 1. The first kappa shape index (κ1) is 23.3. The number of ether oxygens (including phenoxy) is 1. The molecule has 0 saturated carbocycles. The zero-order valence-electron chi connectivity index (χ0n) is 15.2. The molecule has 0 radical (unpaired) electrons. The van der Waals surface area contributed by atoms with Gasteiger partial charge in [0, 0.05) is 38.9 Å². The lowest BCUT2D eigenvalue weighted by Crippen LogP contribution is -2.43. The van der Waals surface area contributed by atoms with E-state index in [-0.39, 0.29) is 36.6 Å². The minimum atomic E-state index is 0. The van der Waals surface area contributed by atoms with Crippen LogP contribution >= 0.6 is 24.8 Å². The first-order valence-corrected chi connectivity index (χ1v) is 8.50. The minimum absolute atomic E-state index is 0. The van der Waals surface area contributed by atoms with Crippen LogP contribution in [0, 0.1) is 0 Å². The molecule has 0 unspecified atom stereocenters. The Balaban J connectivity index is 0.00000182. The predicted octanol–water partition coefficient (Wildman–Crippen LogP) is 1.92. The average Bonchev–Trinajstić information content (AvgIpc) is 3.16. The van der Waals surface area contributed by atoms with E-state index in [2.05, 4.69) is 20.4 Å². The Morgan fingerprint density at radius 1 is 1.33 bits per heavy atom. The summed E-state index contributed by atoms with van der Waals surface area (Å²) in [6.07, 6.45) is 3.36. The van der Waals surface area contributed by atoms with E-state index in [1.807, 2.05) is 23.1 Å². The van der Waals surface area contributed by atoms with Crippen molar-refractivity contribution in [3.8, 4) is 11.5 Å². The van der Waals surface area contributed by atoms with Crippen molar-refractivity contribution in [2.24, 2.45) is 0 Å². The topological polar surface area (TPSA) is 93.4 Å². The molecular weight excluding hydrogens is 393 g/mol. The molecule has 1 amide bonds. The number of methoxy groups -OCH3 is 1. The van der Waals surface area contributed by atoms with E-state index < -0.39 is 0 Å². The number of nitrogens with zero attached hydrogens (tertiary/aromatic N) is 4. The van der Waals surface area contributed by atoms with Crippen LogP contribution in [0.3, 0.4) is 0 Å². The van der Waals surface area contributed by atoms with Gasteiger partial charge in [-0.05, 0) is 25.0 Å². The number of hydrogen-bond donors (Lipinski definition) is 1. The Hall–Kier alpha value is -1.74. The second-order valence-electron chi connectivity index (χ2n) is 6.00. The van der Waals surface area contributed by atoms with Gasteiger partial charge < -0.3 is 19.5 Å². The van der Waals surface area contributed by atoms with Gasteiger partial charge in [-0.2, -0.15) is 4.98 Å². The highest BCUT2D eigenvalue weighted by atomic mass is 35.5. The molecule has 0 atom stereocenters. The number of halogens is 2. The molecule has 3 heterocycles. The Bertz CT molecular complexity index is 678. The molecule has 27 heavy (non-hydrogen) atoms. The van der Waals surface area contributed by atoms with Gasteiger partial charge in [0.1, 0.15) is 5.69 Å². The Morgan fingerprint density at radius 3 is 2.78 bits per heavy atom.